The number of fused-ring (bicyclic) bond motifs is 1. The number of rotatable bonds is 4. The number of benzene rings is 1. The van der Waals surface area contributed by atoms with Crippen LogP contribution in [0, 0.1) is 20.8 Å². The van der Waals surface area contributed by atoms with Gasteiger partial charge in [0.05, 0.1) is 28.5 Å². The summed E-state index contributed by atoms with van der Waals surface area (Å²) in [5.41, 5.74) is 4.41. The molecule has 4 rings (SSSR count). The van der Waals surface area contributed by atoms with E-state index in [4.69, 9.17) is 9.26 Å². The van der Waals surface area contributed by atoms with Crippen molar-refractivity contribution < 1.29 is 14.1 Å². The Labute approximate surface area is 161 Å². The molecule has 0 fully saturated rings. The van der Waals surface area contributed by atoms with E-state index in [0.29, 0.717) is 33.9 Å². The first-order valence-corrected chi connectivity index (χ1v) is 8.74. The second-order valence-corrected chi connectivity index (χ2v) is 6.53. The Morgan fingerprint density at radius 3 is 2.61 bits per heavy atom. The third-order valence-electron chi connectivity index (χ3n) is 4.47. The number of hydrogen-bond donors (Lipinski definition) is 1. The number of aromatic nitrogens is 3. The normalized spacial score (nSPS) is 10.8. The molecule has 0 spiro atoms. The van der Waals surface area contributed by atoms with E-state index in [-0.39, 0.29) is 5.91 Å². The van der Waals surface area contributed by atoms with Crippen LogP contribution in [0.2, 0.25) is 0 Å². The molecule has 0 aliphatic carbocycles. The molecule has 0 bridgehead atoms. The molecule has 0 aliphatic rings. The van der Waals surface area contributed by atoms with Crippen molar-refractivity contribution in [1.29, 1.82) is 0 Å². The Kier molecular flexibility index (Phi) is 4.49. The molecule has 0 atom stereocenters. The predicted octanol–water partition coefficient (Wildman–Crippen LogP) is 4.59. The first-order chi connectivity index (χ1) is 13.5. The minimum absolute atomic E-state index is 0.292. The molecule has 1 amide bonds. The standard InChI is InChI=1S/C21H18N4O3/c1-12-4-6-17(8-13(12)2)27-19-7-5-16(11-22-19)24-20(26)15-9-18-14(3)25-28-21(18)23-10-15/h4-11H,1-3H3,(H,24,26). The number of aryl methyl sites for hydroxylation is 3. The molecule has 0 saturated carbocycles. The minimum atomic E-state index is -0.292. The van der Waals surface area contributed by atoms with Crippen LogP contribution in [0.3, 0.4) is 0 Å². The summed E-state index contributed by atoms with van der Waals surface area (Å²) in [6, 6.07) is 11.0. The smallest absolute Gasteiger partial charge is 0.257 e. The number of carbonyl (C=O) groups is 1. The van der Waals surface area contributed by atoms with Crippen LogP contribution in [-0.2, 0) is 0 Å². The fraction of sp³-hybridized carbons (Fsp3) is 0.143. The van der Waals surface area contributed by atoms with Crippen LogP contribution >= 0.6 is 0 Å². The van der Waals surface area contributed by atoms with E-state index in [2.05, 4.69) is 20.4 Å². The number of nitrogens with one attached hydrogen (secondary N) is 1. The third-order valence-corrected chi connectivity index (χ3v) is 4.47. The highest BCUT2D eigenvalue weighted by atomic mass is 16.5. The average molecular weight is 374 g/mol. The zero-order valence-electron chi connectivity index (χ0n) is 15.7. The van der Waals surface area contributed by atoms with Crippen molar-refractivity contribution in [3.8, 4) is 11.6 Å². The van der Waals surface area contributed by atoms with Gasteiger partial charge in [-0.15, -0.1) is 0 Å². The Morgan fingerprint density at radius 2 is 1.86 bits per heavy atom. The van der Waals surface area contributed by atoms with Crippen molar-refractivity contribution in [2.45, 2.75) is 20.8 Å². The van der Waals surface area contributed by atoms with Gasteiger partial charge in [0.1, 0.15) is 5.75 Å². The SMILES string of the molecule is Cc1ccc(Oc2ccc(NC(=O)c3cnc4onc(C)c4c3)cn2)cc1C. The van der Waals surface area contributed by atoms with E-state index in [1.165, 1.54) is 11.8 Å². The average Bonchev–Trinajstić information content (AvgIpc) is 3.06. The van der Waals surface area contributed by atoms with Crippen LogP contribution in [0.15, 0.2) is 53.3 Å². The Hall–Kier alpha value is -3.74. The maximum Gasteiger partial charge on any atom is 0.257 e. The molecule has 7 nitrogen and oxygen atoms in total. The van der Waals surface area contributed by atoms with Gasteiger partial charge in [0.25, 0.3) is 11.6 Å². The summed E-state index contributed by atoms with van der Waals surface area (Å²) in [5.74, 6) is 0.875. The molecule has 0 saturated heterocycles. The van der Waals surface area contributed by atoms with Gasteiger partial charge in [-0.1, -0.05) is 11.2 Å². The summed E-state index contributed by atoms with van der Waals surface area (Å²) in [4.78, 5) is 20.8. The van der Waals surface area contributed by atoms with Crippen LogP contribution in [0.4, 0.5) is 5.69 Å². The van der Waals surface area contributed by atoms with Crippen molar-refractivity contribution in [1.82, 2.24) is 15.1 Å². The van der Waals surface area contributed by atoms with Crippen LogP contribution in [0.1, 0.15) is 27.2 Å². The van der Waals surface area contributed by atoms with Crippen LogP contribution < -0.4 is 10.1 Å². The Bertz CT molecular complexity index is 1170. The zero-order chi connectivity index (χ0) is 19.7. The summed E-state index contributed by atoms with van der Waals surface area (Å²) in [7, 11) is 0. The predicted molar refractivity (Wildman–Crippen MR) is 105 cm³/mol. The van der Waals surface area contributed by atoms with E-state index >= 15 is 0 Å². The number of hydrogen-bond acceptors (Lipinski definition) is 6. The molecular formula is C21H18N4O3. The number of nitrogens with zero attached hydrogens (tertiary/aromatic N) is 3. The van der Waals surface area contributed by atoms with Crippen molar-refractivity contribution >= 4 is 22.7 Å². The highest BCUT2D eigenvalue weighted by molar-refractivity contribution is 6.05. The molecule has 0 aliphatic heterocycles. The maximum atomic E-state index is 12.5. The molecule has 0 unspecified atom stereocenters. The molecule has 0 radical (unpaired) electrons. The third kappa shape index (κ3) is 3.55. The summed E-state index contributed by atoms with van der Waals surface area (Å²) in [5, 5.41) is 7.35. The summed E-state index contributed by atoms with van der Waals surface area (Å²) >= 11 is 0. The molecule has 4 aromatic rings. The van der Waals surface area contributed by atoms with Gasteiger partial charge < -0.3 is 14.6 Å². The lowest BCUT2D eigenvalue weighted by molar-refractivity contribution is 0.102. The minimum Gasteiger partial charge on any atom is -0.439 e. The first-order valence-electron chi connectivity index (χ1n) is 8.74. The molecular weight excluding hydrogens is 356 g/mol. The van der Waals surface area contributed by atoms with Crippen molar-refractivity contribution in [2.75, 3.05) is 5.32 Å². The highest BCUT2D eigenvalue weighted by Crippen LogP contribution is 2.23. The van der Waals surface area contributed by atoms with Gasteiger partial charge in [0, 0.05) is 12.3 Å². The summed E-state index contributed by atoms with van der Waals surface area (Å²) in [6.45, 7) is 5.88. The number of ether oxygens (including phenoxy) is 1. The van der Waals surface area contributed by atoms with Gasteiger partial charge in [-0.2, -0.15) is 0 Å². The molecule has 7 heteroatoms. The number of anilines is 1. The van der Waals surface area contributed by atoms with Gasteiger partial charge in [0.15, 0.2) is 0 Å². The number of amides is 1. The lowest BCUT2D eigenvalue weighted by atomic mass is 10.1. The Balaban J connectivity index is 1.46. The lowest BCUT2D eigenvalue weighted by Crippen LogP contribution is -2.12. The summed E-state index contributed by atoms with van der Waals surface area (Å²) < 4.78 is 10.8. The number of carbonyl (C=O) groups excluding carboxylic acids is 1. The van der Waals surface area contributed by atoms with Crippen molar-refractivity contribution in [2.24, 2.45) is 0 Å². The maximum absolute atomic E-state index is 12.5. The monoisotopic (exact) mass is 374 g/mol. The van der Waals surface area contributed by atoms with Crippen molar-refractivity contribution in [3.63, 3.8) is 0 Å². The van der Waals surface area contributed by atoms with Gasteiger partial charge in [-0.3, -0.25) is 4.79 Å². The number of pyridine rings is 2. The van der Waals surface area contributed by atoms with E-state index in [1.54, 1.807) is 31.3 Å². The van der Waals surface area contributed by atoms with Crippen molar-refractivity contribution in [3.05, 3.63) is 71.2 Å². The van der Waals surface area contributed by atoms with E-state index in [9.17, 15) is 4.79 Å². The fourth-order valence-corrected chi connectivity index (χ4v) is 2.69. The quantitative estimate of drug-likeness (QED) is 0.562. The second kappa shape index (κ2) is 7.11. The molecule has 28 heavy (non-hydrogen) atoms. The van der Waals surface area contributed by atoms with E-state index < -0.39 is 0 Å². The van der Waals surface area contributed by atoms with E-state index in [1.807, 2.05) is 32.0 Å². The largest absolute Gasteiger partial charge is 0.439 e. The van der Waals surface area contributed by atoms with Crippen LogP contribution in [0.5, 0.6) is 11.6 Å². The second-order valence-electron chi connectivity index (χ2n) is 6.53. The van der Waals surface area contributed by atoms with E-state index in [0.717, 1.165) is 11.3 Å². The van der Waals surface area contributed by atoms with Crippen LogP contribution in [0.25, 0.3) is 11.1 Å². The molecule has 140 valence electrons. The van der Waals surface area contributed by atoms with Gasteiger partial charge in [-0.05, 0) is 56.2 Å². The molecule has 3 aromatic heterocycles. The molecule has 1 aromatic carbocycles. The summed E-state index contributed by atoms with van der Waals surface area (Å²) in [6.07, 6.45) is 3.00. The zero-order valence-corrected chi connectivity index (χ0v) is 15.7. The first kappa shape index (κ1) is 17.7. The topological polar surface area (TPSA) is 90.1 Å². The fourth-order valence-electron chi connectivity index (χ4n) is 2.69. The molecule has 1 N–H and O–H groups in total. The van der Waals surface area contributed by atoms with Gasteiger partial charge in [-0.25, -0.2) is 9.97 Å². The van der Waals surface area contributed by atoms with Gasteiger partial charge in [0.2, 0.25) is 5.88 Å². The van der Waals surface area contributed by atoms with Crippen LogP contribution in [-0.4, -0.2) is 21.0 Å². The molecule has 3 heterocycles. The van der Waals surface area contributed by atoms with Gasteiger partial charge >= 0.3 is 0 Å². The lowest BCUT2D eigenvalue weighted by Gasteiger charge is -2.08. The highest BCUT2D eigenvalue weighted by Gasteiger charge is 2.12. The Morgan fingerprint density at radius 1 is 1.00 bits per heavy atom.